The molecule has 0 aliphatic carbocycles. The Morgan fingerprint density at radius 3 is 2.55 bits per heavy atom. The quantitative estimate of drug-likeness (QED) is 0.810. The van der Waals surface area contributed by atoms with Crippen molar-refractivity contribution in [1.82, 2.24) is 0 Å². The lowest BCUT2D eigenvalue weighted by Gasteiger charge is -2.10. The van der Waals surface area contributed by atoms with Gasteiger partial charge in [0.05, 0.1) is 28.2 Å². The molecule has 5 heteroatoms. The third-order valence-electron chi connectivity index (χ3n) is 2.67. The van der Waals surface area contributed by atoms with Crippen LogP contribution in [0, 0.1) is 11.3 Å². The third kappa shape index (κ3) is 3.44. The molecule has 0 aliphatic rings. The van der Waals surface area contributed by atoms with E-state index in [9.17, 15) is 0 Å². The van der Waals surface area contributed by atoms with Crippen LogP contribution in [0.5, 0.6) is 11.5 Å². The second-order valence-electron chi connectivity index (χ2n) is 4.01. The predicted molar refractivity (Wildman–Crippen MR) is 81.2 cm³/mol. The van der Waals surface area contributed by atoms with Gasteiger partial charge in [-0.05, 0) is 51.8 Å². The van der Waals surface area contributed by atoms with Gasteiger partial charge in [-0.3, -0.25) is 0 Å². The standard InChI is InChI=1S/C15H11BrClNO2/c1-19-14-4-3-11(6-12(14)16)9-20-15-5-2-10(8-18)7-13(15)17/h2-7H,9H2,1H3. The summed E-state index contributed by atoms with van der Waals surface area (Å²) in [6, 6.07) is 12.7. The van der Waals surface area contributed by atoms with Gasteiger partial charge in [-0.25, -0.2) is 0 Å². The fourth-order valence-electron chi connectivity index (χ4n) is 1.65. The molecule has 0 atom stereocenters. The minimum absolute atomic E-state index is 0.383. The maximum atomic E-state index is 8.77. The molecule has 0 saturated carbocycles. The molecule has 0 N–H and O–H groups in total. The van der Waals surface area contributed by atoms with Crippen molar-refractivity contribution in [3.63, 3.8) is 0 Å². The molecule has 0 saturated heterocycles. The van der Waals surface area contributed by atoms with E-state index in [0.29, 0.717) is 22.9 Å². The summed E-state index contributed by atoms with van der Waals surface area (Å²) in [5.74, 6) is 1.32. The van der Waals surface area contributed by atoms with Gasteiger partial charge in [0.2, 0.25) is 0 Å². The van der Waals surface area contributed by atoms with E-state index in [4.69, 9.17) is 26.3 Å². The highest BCUT2D eigenvalue weighted by molar-refractivity contribution is 9.10. The van der Waals surface area contributed by atoms with Crippen LogP contribution in [0.3, 0.4) is 0 Å². The van der Waals surface area contributed by atoms with Crippen molar-refractivity contribution in [3.8, 4) is 17.6 Å². The molecule has 0 aromatic heterocycles. The number of hydrogen-bond donors (Lipinski definition) is 0. The number of methoxy groups -OCH3 is 1. The summed E-state index contributed by atoms with van der Waals surface area (Å²) in [7, 11) is 1.62. The molecule has 2 rings (SSSR count). The predicted octanol–water partition coefficient (Wildman–Crippen LogP) is 4.56. The molecule has 0 radical (unpaired) electrons. The van der Waals surface area contributed by atoms with Crippen LogP contribution >= 0.6 is 27.5 Å². The number of nitrogens with zero attached hydrogens (tertiary/aromatic N) is 1. The van der Waals surface area contributed by atoms with Crippen molar-refractivity contribution in [3.05, 3.63) is 57.0 Å². The molecule has 0 bridgehead atoms. The first kappa shape index (κ1) is 14.7. The number of halogens is 2. The minimum atomic E-state index is 0.383. The average molecular weight is 353 g/mol. The topological polar surface area (TPSA) is 42.2 Å². The lowest BCUT2D eigenvalue weighted by molar-refractivity contribution is 0.306. The molecule has 0 aliphatic heterocycles. The summed E-state index contributed by atoms with van der Waals surface area (Å²) in [6.45, 7) is 0.383. The average Bonchev–Trinajstić information content (AvgIpc) is 2.46. The lowest BCUT2D eigenvalue weighted by Crippen LogP contribution is -1.97. The Morgan fingerprint density at radius 2 is 1.95 bits per heavy atom. The first-order valence-electron chi connectivity index (χ1n) is 5.79. The van der Waals surface area contributed by atoms with Crippen molar-refractivity contribution >= 4 is 27.5 Å². The van der Waals surface area contributed by atoms with E-state index in [1.165, 1.54) is 0 Å². The van der Waals surface area contributed by atoms with Crippen LogP contribution < -0.4 is 9.47 Å². The van der Waals surface area contributed by atoms with Crippen molar-refractivity contribution in [2.45, 2.75) is 6.61 Å². The largest absolute Gasteiger partial charge is 0.496 e. The molecule has 102 valence electrons. The number of hydrogen-bond acceptors (Lipinski definition) is 3. The van der Waals surface area contributed by atoms with Crippen molar-refractivity contribution in [2.24, 2.45) is 0 Å². The van der Waals surface area contributed by atoms with Gasteiger partial charge in [0.1, 0.15) is 18.1 Å². The van der Waals surface area contributed by atoms with Crippen LogP contribution in [0.25, 0.3) is 0 Å². The van der Waals surface area contributed by atoms with E-state index >= 15 is 0 Å². The lowest BCUT2D eigenvalue weighted by atomic mass is 10.2. The molecule has 0 fully saturated rings. The van der Waals surface area contributed by atoms with E-state index in [-0.39, 0.29) is 0 Å². The summed E-state index contributed by atoms with van der Waals surface area (Å²) in [5, 5.41) is 9.20. The van der Waals surface area contributed by atoms with Gasteiger partial charge in [-0.2, -0.15) is 5.26 Å². The minimum Gasteiger partial charge on any atom is -0.496 e. The molecule has 0 amide bonds. The molecule has 2 aromatic rings. The maximum absolute atomic E-state index is 8.77. The van der Waals surface area contributed by atoms with Crippen LogP contribution in [0.4, 0.5) is 0 Å². The van der Waals surface area contributed by atoms with E-state index in [2.05, 4.69) is 15.9 Å². The maximum Gasteiger partial charge on any atom is 0.138 e. The van der Waals surface area contributed by atoms with Gasteiger partial charge < -0.3 is 9.47 Å². The molecule has 0 heterocycles. The first-order valence-corrected chi connectivity index (χ1v) is 6.96. The molecular formula is C15H11BrClNO2. The smallest absolute Gasteiger partial charge is 0.138 e. The fourth-order valence-corrected chi connectivity index (χ4v) is 2.47. The number of benzene rings is 2. The van der Waals surface area contributed by atoms with Gasteiger partial charge in [0, 0.05) is 0 Å². The number of nitriles is 1. The highest BCUT2D eigenvalue weighted by Gasteiger charge is 2.05. The van der Waals surface area contributed by atoms with Crippen molar-refractivity contribution < 1.29 is 9.47 Å². The number of ether oxygens (including phenoxy) is 2. The Kier molecular flexibility index (Phi) is 4.89. The Bertz CT molecular complexity index is 667. The van der Waals surface area contributed by atoms with Gasteiger partial charge >= 0.3 is 0 Å². The molecule has 2 aromatic carbocycles. The second-order valence-corrected chi connectivity index (χ2v) is 5.28. The van der Waals surface area contributed by atoms with Crippen molar-refractivity contribution in [2.75, 3.05) is 7.11 Å². The van der Waals surface area contributed by atoms with Gasteiger partial charge in [0.25, 0.3) is 0 Å². The number of rotatable bonds is 4. The Labute approximate surface area is 130 Å². The zero-order valence-electron chi connectivity index (χ0n) is 10.7. The fraction of sp³-hybridized carbons (Fsp3) is 0.133. The van der Waals surface area contributed by atoms with E-state index in [1.807, 2.05) is 24.3 Å². The SMILES string of the molecule is COc1ccc(COc2ccc(C#N)cc2Cl)cc1Br. The molecule has 20 heavy (non-hydrogen) atoms. The zero-order valence-corrected chi connectivity index (χ0v) is 13.0. The second kappa shape index (κ2) is 6.65. The molecule has 0 unspecified atom stereocenters. The van der Waals surface area contributed by atoms with Crippen molar-refractivity contribution in [1.29, 1.82) is 5.26 Å². The summed E-state index contributed by atoms with van der Waals surface area (Å²) < 4.78 is 11.7. The highest BCUT2D eigenvalue weighted by Crippen LogP contribution is 2.28. The van der Waals surface area contributed by atoms with Gasteiger partial charge in [-0.1, -0.05) is 17.7 Å². The monoisotopic (exact) mass is 351 g/mol. The molecule has 3 nitrogen and oxygen atoms in total. The third-order valence-corrected chi connectivity index (χ3v) is 3.59. The summed E-state index contributed by atoms with van der Waals surface area (Å²) in [5.41, 5.74) is 1.49. The Hall–Kier alpha value is -1.70. The van der Waals surface area contributed by atoms with Gasteiger partial charge in [-0.15, -0.1) is 0 Å². The zero-order chi connectivity index (χ0) is 14.5. The summed E-state index contributed by atoms with van der Waals surface area (Å²) in [4.78, 5) is 0. The van der Waals surface area contributed by atoms with E-state index in [1.54, 1.807) is 25.3 Å². The summed E-state index contributed by atoms with van der Waals surface area (Å²) in [6.07, 6.45) is 0. The Balaban J connectivity index is 2.09. The normalized spacial score (nSPS) is 9.90. The van der Waals surface area contributed by atoms with Crippen LogP contribution in [-0.4, -0.2) is 7.11 Å². The van der Waals surface area contributed by atoms with Gasteiger partial charge in [0.15, 0.2) is 0 Å². The van der Waals surface area contributed by atoms with Crippen LogP contribution in [0.15, 0.2) is 40.9 Å². The highest BCUT2D eigenvalue weighted by atomic mass is 79.9. The van der Waals surface area contributed by atoms with E-state index in [0.717, 1.165) is 15.8 Å². The van der Waals surface area contributed by atoms with Crippen LogP contribution in [0.1, 0.15) is 11.1 Å². The summed E-state index contributed by atoms with van der Waals surface area (Å²) >= 11 is 9.47. The van der Waals surface area contributed by atoms with E-state index < -0.39 is 0 Å². The van der Waals surface area contributed by atoms with Crippen LogP contribution in [0.2, 0.25) is 5.02 Å². The Morgan fingerprint density at radius 1 is 1.20 bits per heavy atom. The molecular weight excluding hydrogens is 342 g/mol. The molecule has 0 spiro atoms. The van der Waals surface area contributed by atoms with Crippen LogP contribution in [-0.2, 0) is 6.61 Å². The first-order chi connectivity index (χ1) is 9.63.